The molecule has 0 aliphatic heterocycles. The number of aromatic nitrogens is 2. The van der Waals surface area contributed by atoms with Crippen LogP contribution in [0.3, 0.4) is 0 Å². The summed E-state index contributed by atoms with van der Waals surface area (Å²) in [6.45, 7) is 0.603. The van der Waals surface area contributed by atoms with E-state index in [9.17, 15) is 9.59 Å². The number of thioether (sulfide) groups is 1. The first-order chi connectivity index (χ1) is 15.0. The van der Waals surface area contributed by atoms with Gasteiger partial charge in [-0.15, -0.1) is 22.7 Å². The Morgan fingerprint density at radius 3 is 2.97 bits per heavy atom. The van der Waals surface area contributed by atoms with Gasteiger partial charge in [0.15, 0.2) is 0 Å². The Morgan fingerprint density at radius 1 is 1.35 bits per heavy atom. The van der Waals surface area contributed by atoms with E-state index in [0.717, 1.165) is 29.5 Å². The number of nitrogens with one attached hydrogen (secondary N) is 2. The third-order valence-electron chi connectivity index (χ3n) is 5.57. The first kappa shape index (κ1) is 22.5. The van der Waals surface area contributed by atoms with E-state index in [1.165, 1.54) is 21.7 Å². The highest BCUT2D eigenvalue weighted by Gasteiger charge is 2.20. The van der Waals surface area contributed by atoms with E-state index in [2.05, 4.69) is 26.6 Å². The lowest BCUT2D eigenvalue weighted by Gasteiger charge is -2.23. The van der Waals surface area contributed by atoms with E-state index in [1.54, 1.807) is 34.4 Å². The Kier molecular flexibility index (Phi) is 7.47. The summed E-state index contributed by atoms with van der Waals surface area (Å²) in [5, 5.41) is 5.91. The van der Waals surface area contributed by atoms with Crippen LogP contribution in [0.15, 0.2) is 22.3 Å². The molecule has 31 heavy (non-hydrogen) atoms. The molecule has 9 heteroatoms. The molecule has 1 aliphatic rings. The lowest BCUT2D eigenvalue weighted by atomic mass is 9.97. The lowest BCUT2D eigenvalue weighted by molar-refractivity contribution is -0.120. The molecule has 3 aromatic heterocycles. The number of nitrogens with zero attached hydrogens (tertiary/aromatic N) is 2. The molecule has 1 aliphatic carbocycles. The number of H-pyrrole nitrogens is 1. The van der Waals surface area contributed by atoms with Crippen LogP contribution in [0.4, 0.5) is 0 Å². The average Bonchev–Trinajstić information content (AvgIpc) is 3.39. The van der Waals surface area contributed by atoms with E-state index < -0.39 is 0 Å². The Morgan fingerprint density at radius 2 is 2.19 bits per heavy atom. The molecule has 0 aromatic carbocycles. The van der Waals surface area contributed by atoms with Crippen molar-refractivity contribution in [3.63, 3.8) is 0 Å². The van der Waals surface area contributed by atoms with E-state index in [4.69, 9.17) is 4.98 Å². The van der Waals surface area contributed by atoms with Gasteiger partial charge in [-0.3, -0.25) is 9.59 Å². The van der Waals surface area contributed by atoms with Gasteiger partial charge in [0, 0.05) is 28.5 Å². The summed E-state index contributed by atoms with van der Waals surface area (Å²) in [5.74, 6) is 2.06. The standard InChI is InChI=1S/C22H28N4O2S3/c1-26(2)15(17-8-5-10-30-17)12-23-19(27)9-11-29-13-18-24-21(28)20-14-6-3-4-7-16(14)31-22(20)25-18/h5,8,10,15H,3-4,6-7,9,11-13H2,1-2H3,(H,23,27)(H,24,25,28). The quantitative estimate of drug-likeness (QED) is 0.457. The van der Waals surface area contributed by atoms with Crippen LogP contribution in [0.25, 0.3) is 10.2 Å². The number of carbonyl (C=O) groups excluding carboxylic acids is 1. The van der Waals surface area contributed by atoms with Crippen LogP contribution >= 0.6 is 34.4 Å². The van der Waals surface area contributed by atoms with Crippen molar-refractivity contribution in [2.75, 3.05) is 26.4 Å². The number of thiophene rings is 2. The van der Waals surface area contributed by atoms with Gasteiger partial charge in [-0.2, -0.15) is 11.8 Å². The fraction of sp³-hybridized carbons (Fsp3) is 0.500. The van der Waals surface area contributed by atoms with Crippen molar-refractivity contribution in [3.8, 4) is 0 Å². The highest BCUT2D eigenvalue weighted by atomic mass is 32.2. The summed E-state index contributed by atoms with van der Waals surface area (Å²) in [5.41, 5.74) is 1.20. The zero-order chi connectivity index (χ0) is 21.8. The monoisotopic (exact) mass is 476 g/mol. The highest BCUT2D eigenvalue weighted by Crippen LogP contribution is 2.33. The molecule has 3 aromatic rings. The molecular formula is C22H28N4O2S3. The SMILES string of the molecule is CN(C)C(CNC(=O)CCSCc1nc2sc3c(c2c(=O)[nH]1)CCCC3)c1cccs1. The Bertz CT molecular complexity index is 1090. The average molecular weight is 477 g/mol. The van der Waals surface area contributed by atoms with Gasteiger partial charge >= 0.3 is 0 Å². The lowest BCUT2D eigenvalue weighted by Crippen LogP contribution is -2.34. The predicted octanol–water partition coefficient (Wildman–Crippen LogP) is 3.97. The molecule has 6 nitrogen and oxygen atoms in total. The summed E-state index contributed by atoms with van der Waals surface area (Å²) in [6, 6.07) is 4.33. The van der Waals surface area contributed by atoms with Crippen molar-refractivity contribution in [3.05, 3.63) is 49.0 Å². The number of fused-ring (bicyclic) bond motifs is 3. The molecule has 0 radical (unpaired) electrons. The Balaban J connectivity index is 1.26. The minimum atomic E-state index is -0.0129. The van der Waals surface area contributed by atoms with Crippen LogP contribution in [0.1, 0.15) is 46.4 Å². The summed E-state index contributed by atoms with van der Waals surface area (Å²) < 4.78 is 0. The molecule has 0 saturated carbocycles. The van der Waals surface area contributed by atoms with Crippen LogP contribution in [0.5, 0.6) is 0 Å². The third kappa shape index (κ3) is 5.39. The van der Waals surface area contributed by atoms with Gasteiger partial charge in [0.2, 0.25) is 5.91 Å². The molecule has 1 unspecified atom stereocenters. The molecule has 1 atom stereocenters. The van der Waals surface area contributed by atoms with E-state index >= 15 is 0 Å². The predicted molar refractivity (Wildman–Crippen MR) is 131 cm³/mol. The smallest absolute Gasteiger partial charge is 0.259 e. The van der Waals surface area contributed by atoms with Crippen LogP contribution in [-0.2, 0) is 23.4 Å². The molecule has 0 spiro atoms. The second kappa shape index (κ2) is 10.3. The number of amides is 1. The van der Waals surface area contributed by atoms with Gasteiger partial charge < -0.3 is 15.2 Å². The maximum absolute atomic E-state index is 12.6. The number of likely N-dealkylation sites (N-methyl/N-ethyl adjacent to an activating group) is 1. The van der Waals surface area contributed by atoms with E-state index in [-0.39, 0.29) is 17.5 Å². The van der Waals surface area contributed by atoms with Crippen LogP contribution < -0.4 is 10.9 Å². The molecular weight excluding hydrogens is 448 g/mol. The largest absolute Gasteiger partial charge is 0.354 e. The maximum Gasteiger partial charge on any atom is 0.259 e. The number of aryl methyl sites for hydroxylation is 2. The second-order valence-electron chi connectivity index (χ2n) is 8.01. The molecule has 0 fully saturated rings. The minimum absolute atomic E-state index is 0.0129. The van der Waals surface area contributed by atoms with Gasteiger partial charge in [-0.05, 0) is 56.8 Å². The molecule has 3 heterocycles. The van der Waals surface area contributed by atoms with Gasteiger partial charge in [-0.1, -0.05) is 6.07 Å². The van der Waals surface area contributed by atoms with Crippen molar-refractivity contribution >= 4 is 50.6 Å². The molecule has 166 valence electrons. The van der Waals surface area contributed by atoms with Crippen LogP contribution in [0, 0.1) is 0 Å². The summed E-state index contributed by atoms with van der Waals surface area (Å²) in [7, 11) is 4.06. The molecule has 2 N–H and O–H groups in total. The maximum atomic E-state index is 12.6. The van der Waals surface area contributed by atoms with Crippen molar-refractivity contribution in [1.29, 1.82) is 0 Å². The normalized spacial score (nSPS) is 14.7. The Hall–Kier alpha value is -1.68. The number of rotatable bonds is 9. The second-order valence-corrected chi connectivity index (χ2v) is 11.2. The zero-order valence-corrected chi connectivity index (χ0v) is 20.4. The van der Waals surface area contributed by atoms with Crippen LogP contribution in [-0.4, -0.2) is 47.2 Å². The fourth-order valence-electron chi connectivity index (χ4n) is 3.93. The van der Waals surface area contributed by atoms with Crippen molar-refractivity contribution < 1.29 is 4.79 Å². The third-order valence-corrected chi connectivity index (χ3v) is 8.70. The zero-order valence-electron chi connectivity index (χ0n) is 17.9. The summed E-state index contributed by atoms with van der Waals surface area (Å²) >= 11 is 5.01. The van der Waals surface area contributed by atoms with Gasteiger partial charge in [0.05, 0.1) is 17.2 Å². The van der Waals surface area contributed by atoms with Gasteiger partial charge in [0.1, 0.15) is 10.7 Å². The summed E-state index contributed by atoms with van der Waals surface area (Å²) in [4.78, 5) is 38.1. The number of hydrogen-bond acceptors (Lipinski definition) is 7. The summed E-state index contributed by atoms with van der Waals surface area (Å²) in [6.07, 6.45) is 4.86. The first-order valence-electron chi connectivity index (χ1n) is 10.6. The van der Waals surface area contributed by atoms with Crippen molar-refractivity contribution in [2.45, 2.75) is 43.9 Å². The van der Waals surface area contributed by atoms with Gasteiger partial charge in [0.25, 0.3) is 5.56 Å². The van der Waals surface area contributed by atoms with Crippen molar-refractivity contribution in [1.82, 2.24) is 20.2 Å². The fourth-order valence-corrected chi connectivity index (χ4v) is 6.94. The van der Waals surface area contributed by atoms with Gasteiger partial charge in [-0.25, -0.2) is 4.98 Å². The van der Waals surface area contributed by atoms with E-state index in [1.807, 2.05) is 20.2 Å². The van der Waals surface area contributed by atoms with Crippen LogP contribution in [0.2, 0.25) is 0 Å². The minimum Gasteiger partial charge on any atom is -0.354 e. The van der Waals surface area contributed by atoms with E-state index in [0.29, 0.717) is 30.3 Å². The molecule has 0 saturated heterocycles. The molecule has 1 amide bonds. The first-order valence-corrected chi connectivity index (χ1v) is 13.5. The number of hydrogen-bond donors (Lipinski definition) is 2. The topological polar surface area (TPSA) is 78.1 Å². The highest BCUT2D eigenvalue weighted by molar-refractivity contribution is 7.98. The molecule has 4 rings (SSSR count). The number of carbonyl (C=O) groups is 1. The number of aromatic amines is 1. The van der Waals surface area contributed by atoms with Crippen molar-refractivity contribution in [2.24, 2.45) is 0 Å². The molecule has 0 bridgehead atoms. The Labute approximate surface area is 194 Å².